The lowest BCUT2D eigenvalue weighted by atomic mass is 10.1. The van der Waals surface area contributed by atoms with Crippen molar-refractivity contribution in [1.29, 1.82) is 0 Å². The van der Waals surface area contributed by atoms with Gasteiger partial charge in [0.15, 0.2) is 0 Å². The molecule has 0 spiro atoms. The zero-order chi connectivity index (χ0) is 13.8. The predicted octanol–water partition coefficient (Wildman–Crippen LogP) is 3.58. The van der Waals surface area contributed by atoms with Gasteiger partial charge >= 0.3 is 0 Å². The Kier molecular flexibility index (Phi) is 4.71. The lowest BCUT2D eigenvalue weighted by Gasteiger charge is -2.05. The number of benzene rings is 1. The van der Waals surface area contributed by atoms with Gasteiger partial charge < -0.3 is 4.74 Å². The van der Waals surface area contributed by atoms with Crippen LogP contribution < -0.4 is 4.74 Å². The number of methoxy groups -OCH3 is 1. The van der Waals surface area contributed by atoms with Gasteiger partial charge in [0, 0.05) is 18.2 Å². The van der Waals surface area contributed by atoms with Crippen LogP contribution in [0.3, 0.4) is 0 Å². The molecule has 2 aromatic rings. The number of ketones is 1. The number of thiazole rings is 1. The molecule has 0 saturated heterocycles. The van der Waals surface area contributed by atoms with Crippen molar-refractivity contribution in [2.24, 2.45) is 0 Å². The van der Waals surface area contributed by atoms with Crippen LogP contribution in [0.2, 0.25) is 0 Å². The number of carbonyl (C=O) groups is 1. The van der Waals surface area contributed by atoms with Gasteiger partial charge in [-0.05, 0) is 40.5 Å². The highest BCUT2D eigenvalue weighted by Crippen LogP contribution is 2.25. The summed E-state index contributed by atoms with van der Waals surface area (Å²) in [4.78, 5) is 16.3. The SMILES string of the molecule is COc1ccc(CC(=O)Cc2csc(C)n2)cc1Br. The van der Waals surface area contributed by atoms with Crippen LogP contribution in [0.4, 0.5) is 0 Å². The number of rotatable bonds is 5. The van der Waals surface area contributed by atoms with Gasteiger partial charge in [-0.2, -0.15) is 0 Å². The van der Waals surface area contributed by atoms with Crippen molar-refractivity contribution >= 4 is 33.0 Å². The first-order valence-corrected chi connectivity index (χ1v) is 7.51. The van der Waals surface area contributed by atoms with E-state index in [1.165, 1.54) is 0 Å². The maximum atomic E-state index is 12.0. The van der Waals surface area contributed by atoms with Crippen molar-refractivity contribution < 1.29 is 9.53 Å². The summed E-state index contributed by atoms with van der Waals surface area (Å²) in [6.45, 7) is 1.94. The van der Waals surface area contributed by atoms with E-state index in [-0.39, 0.29) is 5.78 Å². The number of Topliss-reactive ketones (excluding diaryl/α,β-unsaturated/α-hetero) is 1. The van der Waals surface area contributed by atoms with E-state index in [4.69, 9.17) is 4.74 Å². The second-order valence-corrected chi connectivity index (χ2v) is 6.14. The van der Waals surface area contributed by atoms with E-state index in [1.807, 2.05) is 30.5 Å². The molecule has 2 rings (SSSR count). The first-order chi connectivity index (χ1) is 9.08. The second kappa shape index (κ2) is 6.30. The van der Waals surface area contributed by atoms with Gasteiger partial charge in [0.05, 0.1) is 22.3 Å². The Hall–Kier alpha value is -1.20. The topological polar surface area (TPSA) is 39.2 Å². The molecule has 0 unspecified atom stereocenters. The third-order valence-corrected chi connectivity index (χ3v) is 4.10. The number of nitrogens with zero attached hydrogens (tertiary/aromatic N) is 1. The second-order valence-electron chi connectivity index (χ2n) is 4.22. The fraction of sp³-hybridized carbons (Fsp3) is 0.286. The Labute approximate surface area is 124 Å². The molecule has 1 heterocycles. The summed E-state index contributed by atoms with van der Waals surface area (Å²) >= 11 is 4.99. The molecular weight excluding hydrogens is 326 g/mol. The third-order valence-electron chi connectivity index (χ3n) is 2.66. The normalized spacial score (nSPS) is 10.5. The van der Waals surface area contributed by atoms with Gasteiger partial charge in [-0.3, -0.25) is 4.79 Å². The Morgan fingerprint density at radius 3 is 2.79 bits per heavy atom. The van der Waals surface area contributed by atoms with Crippen molar-refractivity contribution in [1.82, 2.24) is 4.98 Å². The standard InChI is InChI=1S/C14H14BrNO2S/c1-9-16-11(8-19-9)7-12(17)5-10-3-4-14(18-2)13(15)6-10/h3-4,6,8H,5,7H2,1-2H3. The number of hydrogen-bond acceptors (Lipinski definition) is 4. The van der Waals surface area contributed by atoms with Crippen LogP contribution in [0.15, 0.2) is 28.1 Å². The molecule has 1 aromatic carbocycles. The van der Waals surface area contributed by atoms with E-state index in [0.29, 0.717) is 12.8 Å². The molecule has 100 valence electrons. The molecule has 3 nitrogen and oxygen atoms in total. The van der Waals surface area contributed by atoms with E-state index in [1.54, 1.807) is 18.4 Å². The Balaban J connectivity index is 2.00. The van der Waals surface area contributed by atoms with Gasteiger partial charge in [-0.1, -0.05) is 6.07 Å². The first kappa shape index (κ1) is 14.2. The van der Waals surface area contributed by atoms with Gasteiger partial charge in [0.25, 0.3) is 0 Å². The van der Waals surface area contributed by atoms with Crippen LogP contribution in [0.25, 0.3) is 0 Å². The van der Waals surface area contributed by atoms with Crippen molar-refractivity contribution in [3.8, 4) is 5.75 Å². The third kappa shape index (κ3) is 3.88. The summed E-state index contributed by atoms with van der Waals surface area (Å²) in [6.07, 6.45) is 0.813. The minimum atomic E-state index is 0.169. The van der Waals surface area contributed by atoms with Crippen LogP contribution >= 0.6 is 27.3 Å². The lowest BCUT2D eigenvalue weighted by molar-refractivity contribution is -0.117. The van der Waals surface area contributed by atoms with Crippen LogP contribution in [0.1, 0.15) is 16.3 Å². The van der Waals surface area contributed by atoms with Crippen molar-refractivity contribution in [3.63, 3.8) is 0 Å². The predicted molar refractivity (Wildman–Crippen MR) is 80.0 cm³/mol. The molecule has 0 atom stereocenters. The van der Waals surface area contributed by atoms with Crippen LogP contribution in [0.5, 0.6) is 5.75 Å². The summed E-state index contributed by atoms with van der Waals surface area (Å²) in [7, 11) is 1.62. The number of carbonyl (C=O) groups excluding carboxylic acids is 1. The zero-order valence-electron chi connectivity index (χ0n) is 10.8. The summed E-state index contributed by atoms with van der Waals surface area (Å²) < 4.78 is 6.03. The molecular formula is C14H14BrNO2S. The van der Waals surface area contributed by atoms with Crippen LogP contribution in [0, 0.1) is 6.92 Å². The molecule has 19 heavy (non-hydrogen) atoms. The molecule has 0 saturated carbocycles. The minimum absolute atomic E-state index is 0.169. The first-order valence-electron chi connectivity index (χ1n) is 5.83. The average molecular weight is 340 g/mol. The molecule has 0 aliphatic heterocycles. The number of aromatic nitrogens is 1. The van der Waals surface area contributed by atoms with Gasteiger partial charge in [-0.25, -0.2) is 4.98 Å². The summed E-state index contributed by atoms with van der Waals surface area (Å²) in [5.41, 5.74) is 1.84. The van der Waals surface area contributed by atoms with E-state index in [9.17, 15) is 4.79 Å². The van der Waals surface area contributed by atoms with Gasteiger partial charge in [0.2, 0.25) is 0 Å². The summed E-state index contributed by atoms with van der Waals surface area (Å²) in [6, 6.07) is 5.69. The fourth-order valence-electron chi connectivity index (χ4n) is 1.80. The summed E-state index contributed by atoms with van der Waals surface area (Å²) in [5.74, 6) is 0.939. The number of hydrogen-bond donors (Lipinski definition) is 0. The monoisotopic (exact) mass is 339 g/mol. The van der Waals surface area contributed by atoms with E-state index < -0.39 is 0 Å². The molecule has 0 N–H and O–H groups in total. The van der Waals surface area contributed by atoms with Crippen molar-refractivity contribution in [3.05, 3.63) is 44.3 Å². The number of halogens is 1. The average Bonchev–Trinajstić information content (AvgIpc) is 2.74. The molecule has 0 amide bonds. The Morgan fingerprint density at radius 2 is 2.21 bits per heavy atom. The Bertz CT molecular complexity index is 595. The number of ether oxygens (including phenoxy) is 1. The quantitative estimate of drug-likeness (QED) is 0.835. The number of aryl methyl sites for hydroxylation is 1. The van der Waals surface area contributed by atoms with Crippen molar-refractivity contribution in [2.75, 3.05) is 7.11 Å². The highest BCUT2D eigenvalue weighted by atomic mass is 79.9. The highest BCUT2D eigenvalue weighted by Gasteiger charge is 2.09. The molecule has 0 bridgehead atoms. The lowest BCUT2D eigenvalue weighted by Crippen LogP contribution is -2.07. The summed E-state index contributed by atoms with van der Waals surface area (Å²) in [5, 5.41) is 2.94. The van der Waals surface area contributed by atoms with Gasteiger partial charge in [-0.15, -0.1) is 11.3 Å². The van der Waals surface area contributed by atoms with Crippen LogP contribution in [-0.2, 0) is 17.6 Å². The molecule has 0 aliphatic rings. The van der Waals surface area contributed by atoms with E-state index >= 15 is 0 Å². The molecule has 1 aromatic heterocycles. The molecule has 0 fully saturated rings. The molecule has 0 radical (unpaired) electrons. The zero-order valence-corrected chi connectivity index (χ0v) is 13.2. The maximum absolute atomic E-state index is 12.0. The maximum Gasteiger partial charge on any atom is 0.143 e. The minimum Gasteiger partial charge on any atom is -0.496 e. The fourth-order valence-corrected chi connectivity index (χ4v) is 3.00. The van der Waals surface area contributed by atoms with Crippen molar-refractivity contribution in [2.45, 2.75) is 19.8 Å². The van der Waals surface area contributed by atoms with Gasteiger partial charge in [0.1, 0.15) is 11.5 Å². The van der Waals surface area contributed by atoms with E-state index in [0.717, 1.165) is 26.5 Å². The molecule has 5 heteroatoms. The smallest absolute Gasteiger partial charge is 0.143 e. The van der Waals surface area contributed by atoms with E-state index in [2.05, 4.69) is 20.9 Å². The van der Waals surface area contributed by atoms with Crippen LogP contribution in [-0.4, -0.2) is 17.9 Å². The highest BCUT2D eigenvalue weighted by molar-refractivity contribution is 9.10. The molecule has 0 aliphatic carbocycles. The Morgan fingerprint density at radius 1 is 1.42 bits per heavy atom. The largest absolute Gasteiger partial charge is 0.496 e.